The molecule has 0 aliphatic rings. The van der Waals surface area contributed by atoms with Gasteiger partial charge in [0.1, 0.15) is 6.61 Å². The molecule has 0 saturated carbocycles. The lowest BCUT2D eigenvalue weighted by Crippen LogP contribution is -1.76. The highest BCUT2D eigenvalue weighted by molar-refractivity contribution is 7.32. The number of hydrogen-bond acceptors (Lipinski definition) is 2. The van der Waals surface area contributed by atoms with Gasteiger partial charge >= 0.3 is 8.25 Å². The zero-order valence-corrected chi connectivity index (χ0v) is 4.85. The van der Waals surface area contributed by atoms with Gasteiger partial charge in [-0.2, -0.15) is 0 Å². The first kappa shape index (κ1) is 7.69. The summed E-state index contributed by atoms with van der Waals surface area (Å²) in [5, 5.41) is 0. The third-order valence-corrected chi connectivity index (χ3v) is 0.740. The van der Waals surface area contributed by atoms with Crippen molar-refractivity contribution >= 4 is 8.25 Å². The third-order valence-electron chi connectivity index (χ3n) is 0.370. The van der Waals surface area contributed by atoms with Crippen LogP contribution in [0.15, 0.2) is 12.4 Å². The van der Waals surface area contributed by atoms with Crippen LogP contribution >= 0.6 is 8.25 Å². The molecular weight excluding hydrogens is 134 g/mol. The first-order chi connectivity index (χ1) is 3.77. The van der Waals surface area contributed by atoms with Gasteiger partial charge in [0.05, 0.1) is 6.33 Å². The predicted octanol–water partition coefficient (Wildman–Crippen LogP) is 1.14. The highest BCUT2D eigenvalue weighted by atomic mass is 31.1. The van der Waals surface area contributed by atoms with Crippen molar-refractivity contribution in [3.05, 3.63) is 12.4 Å². The van der Waals surface area contributed by atoms with Crippen molar-refractivity contribution in [1.29, 1.82) is 0 Å². The van der Waals surface area contributed by atoms with Crippen molar-refractivity contribution < 1.29 is 18.4 Å². The highest BCUT2D eigenvalue weighted by Gasteiger charge is 2.08. The predicted molar refractivity (Wildman–Crippen MR) is 26.0 cm³/mol. The van der Waals surface area contributed by atoms with E-state index in [1.165, 1.54) is 0 Å². The number of halogens is 1. The van der Waals surface area contributed by atoms with E-state index in [2.05, 4.69) is 4.52 Å². The molecule has 0 aromatic carbocycles. The molecule has 5 heteroatoms. The Kier molecular flexibility index (Phi) is 4.65. The fraction of sp³-hybridized carbons (Fsp3) is 0.333. The Morgan fingerprint density at radius 2 is 2.50 bits per heavy atom. The maximum Gasteiger partial charge on any atom is 0.695 e. The third kappa shape index (κ3) is 5.69. The van der Waals surface area contributed by atoms with Gasteiger partial charge in [-0.1, -0.05) is 0 Å². The Morgan fingerprint density at radius 3 is 2.88 bits per heavy atom. The van der Waals surface area contributed by atoms with E-state index < -0.39 is 8.25 Å². The van der Waals surface area contributed by atoms with E-state index in [1.807, 2.05) is 0 Å². The first-order valence-corrected chi connectivity index (χ1v) is 2.94. The van der Waals surface area contributed by atoms with E-state index in [0.717, 1.165) is 6.08 Å². The van der Waals surface area contributed by atoms with Crippen LogP contribution in [0.5, 0.6) is 0 Å². The van der Waals surface area contributed by atoms with Crippen LogP contribution in [-0.2, 0) is 9.09 Å². The number of rotatable bonds is 3. The van der Waals surface area contributed by atoms with E-state index >= 15 is 0 Å². The Balaban J connectivity index is 3.05. The molecule has 0 aromatic heterocycles. The van der Waals surface area contributed by atoms with Gasteiger partial charge in [0.2, 0.25) is 0 Å². The lowest BCUT2D eigenvalue weighted by atomic mass is 10.7. The van der Waals surface area contributed by atoms with Gasteiger partial charge in [0.15, 0.2) is 0 Å². The lowest BCUT2D eigenvalue weighted by molar-refractivity contribution is 0.311. The second kappa shape index (κ2) is 4.84. The van der Waals surface area contributed by atoms with E-state index in [1.54, 1.807) is 0 Å². The smallest absolute Gasteiger partial charge is 0.216 e. The average molecular weight is 139 g/mol. The molecule has 0 fully saturated rings. The minimum absolute atomic E-state index is 0.164. The molecule has 0 amide bonds. The first-order valence-electron chi connectivity index (χ1n) is 1.81. The molecule has 0 aliphatic carbocycles. The second-order valence-electron chi connectivity index (χ2n) is 0.895. The van der Waals surface area contributed by atoms with Crippen molar-refractivity contribution in [1.82, 2.24) is 0 Å². The zero-order valence-electron chi connectivity index (χ0n) is 3.95. The Hall–Kier alpha value is -0.310. The summed E-state index contributed by atoms with van der Waals surface area (Å²) in [5.41, 5.74) is 0. The largest absolute Gasteiger partial charge is 0.695 e. The van der Waals surface area contributed by atoms with Gasteiger partial charge in [-0.3, -0.25) is 0 Å². The summed E-state index contributed by atoms with van der Waals surface area (Å²) in [6, 6.07) is 0. The van der Waals surface area contributed by atoms with Crippen LogP contribution < -0.4 is 0 Å². The Bertz CT molecular complexity index is 103. The quantitative estimate of drug-likeness (QED) is 0.596. The minimum Gasteiger partial charge on any atom is -0.216 e. The molecule has 0 aliphatic heterocycles. The summed E-state index contributed by atoms with van der Waals surface area (Å²) >= 11 is 0. The Morgan fingerprint density at radius 1 is 1.88 bits per heavy atom. The van der Waals surface area contributed by atoms with Gasteiger partial charge < -0.3 is 0 Å². The van der Waals surface area contributed by atoms with Gasteiger partial charge in [0.25, 0.3) is 0 Å². The summed E-state index contributed by atoms with van der Waals surface area (Å²) in [4.78, 5) is 7.91. The van der Waals surface area contributed by atoms with Crippen molar-refractivity contribution in [2.45, 2.75) is 0 Å². The lowest BCUT2D eigenvalue weighted by Gasteiger charge is -1.72. The van der Waals surface area contributed by atoms with Crippen LogP contribution in [0.3, 0.4) is 0 Å². The molecule has 0 saturated heterocycles. The van der Waals surface area contributed by atoms with E-state index in [4.69, 9.17) is 4.89 Å². The summed E-state index contributed by atoms with van der Waals surface area (Å²) in [6.07, 6.45) is 1.24. The van der Waals surface area contributed by atoms with E-state index in [-0.39, 0.29) is 12.9 Å². The topological polar surface area (TPSA) is 46.5 Å². The molecule has 46 valence electrons. The minimum atomic E-state index is -2.58. The average Bonchev–Trinajstić information content (AvgIpc) is 1.66. The van der Waals surface area contributed by atoms with Crippen LogP contribution in [0.1, 0.15) is 0 Å². The fourth-order valence-corrected chi connectivity index (χ4v) is 0.357. The molecule has 0 spiro atoms. The molecule has 0 heterocycles. The normalized spacial score (nSPS) is 12.5. The molecule has 3 nitrogen and oxygen atoms in total. The molecule has 0 aromatic rings. The van der Waals surface area contributed by atoms with E-state index in [0.29, 0.717) is 0 Å². The molecule has 8 heavy (non-hydrogen) atoms. The summed E-state index contributed by atoms with van der Waals surface area (Å²) in [7, 11) is -2.58. The molecule has 1 N–H and O–H groups in total. The summed E-state index contributed by atoms with van der Waals surface area (Å²) in [6.45, 7) is -0.164. The van der Waals surface area contributed by atoms with Crippen LogP contribution in [0.25, 0.3) is 0 Å². The van der Waals surface area contributed by atoms with Crippen molar-refractivity contribution in [3.63, 3.8) is 0 Å². The van der Waals surface area contributed by atoms with Crippen molar-refractivity contribution in [2.75, 3.05) is 6.61 Å². The molecule has 1 atom stereocenters. The molecule has 1 unspecified atom stereocenters. The zero-order chi connectivity index (χ0) is 6.41. The van der Waals surface area contributed by atoms with Crippen LogP contribution in [0, 0.1) is 0 Å². The fourth-order valence-electron chi connectivity index (χ4n) is 0.143. The van der Waals surface area contributed by atoms with Crippen molar-refractivity contribution in [2.24, 2.45) is 0 Å². The van der Waals surface area contributed by atoms with Crippen molar-refractivity contribution in [3.8, 4) is 0 Å². The standard InChI is InChI=1S/C3H4FO3P/c4-2-1-3-7-8(5)6/h1-2H,3H2/p+1. The Labute approximate surface area is 46.7 Å². The summed E-state index contributed by atoms with van der Waals surface area (Å²) < 4.78 is 24.7. The highest BCUT2D eigenvalue weighted by Crippen LogP contribution is 2.12. The van der Waals surface area contributed by atoms with Crippen LogP contribution in [-0.4, -0.2) is 11.5 Å². The van der Waals surface area contributed by atoms with Gasteiger partial charge in [-0.05, 0) is 6.08 Å². The van der Waals surface area contributed by atoms with Gasteiger partial charge in [-0.25, -0.2) is 4.39 Å². The van der Waals surface area contributed by atoms with Gasteiger partial charge in [0, 0.05) is 4.57 Å². The molecule has 0 rings (SSSR count). The van der Waals surface area contributed by atoms with Crippen LogP contribution in [0.4, 0.5) is 4.39 Å². The maximum atomic E-state index is 11.0. The molecular formula is C3H5FO3P+. The molecule has 0 radical (unpaired) electrons. The van der Waals surface area contributed by atoms with Crippen LogP contribution in [0.2, 0.25) is 0 Å². The summed E-state index contributed by atoms with van der Waals surface area (Å²) in [5.74, 6) is 0. The second-order valence-corrected chi connectivity index (χ2v) is 1.63. The number of hydrogen-bond donors (Lipinski definition) is 1. The SMILES string of the molecule is O=[P+](O)OCC=CF. The van der Waals surface area contributed by atoms with E-state index in [9.17, 15) is 8.96 Å². The maximum absolute atomic E-state index is 11.0. The molecule has 0 bridgehead atoms. The van der Waals surface area contributed by atoms with Gasteiger partial charge in [-0.15, -0.1) is 9.42 Å². The monoisotopic (exact) mass is 139 g/mol.